The van der Waals surface area contributed by atoms with Crippen molar-refractivity contribution in [2.45, 2.75) is 12.5 Å². The fraction of sp³-hybridized carbons (Fsp3) is 0.200. The second-order valence-corrected chi connectivity index (χ2v) is 10.2. The number of halogens is 1. The van der Waals surface area contributed by atoms with Crippen LogP contribution in [0.5, 0.6) is 0 Å². The fourth-order valence-electron chi connectivity index (χ4n) is 5.10. The van der Waals surface area contributed by atoms with Gasteiger partial charge in [-0.2, -0.15) is 0 Å². The van der Waals surface area contributed by atoms with Gasteiger partial charge in [0, 0.05) is 49.0 Å². The van der Waals surface area contributed by atoms with E-state index in [9.17, 15) is 9.18 Å². The molecule has 7 heteroatoms. The highest BCUT2D eigenvalue weighted by Crippen LogP contribution is 2.30. The highest BCUT2D eigenvalue weighted by molar-refractivity contribution is 7.15. The molecule has 186 valence electrons. The number of aromatic nitrogens is 2. The van der Waals surface area contributed by atoms with Crippen molar-refractivity contribution in [1.82, 2.24) is 19.2 Å². The quantitative estimate of drug-likeness (QED) is 0.295. The molecule has 1 fully saturated rings. The van der Waals surface area contributed by atoms with Crippen LogP contribution < -0.4 is 0 Å². The number of hydrogen-bond donors (Lipinski definition) is 0. The molecule has 0 radical (unpaired) electrons. The van der Waals surface area contributed by atoms with Crippen molar-refractivity contribution in [2.75, 3.05) is 26.2 Å². The number of fused-ring (bicyclic) bond motifs is 1. The number of amides is 1. The van der Waals surface area contributed by atoms with Crippen LogP contribution in [0, 0.1) is 5.82 Å². The highest BCUT2D eigenvalue weighted by atomic mass is 32.1. The van der Waals surface area contributed by atoms with E-state index < -0.39 is 0 Å². The normalized spacial score (nSPS) is 14.5. The molecule has 3 aromatic carbocycles. The Bertz CT molecular complexity index is 1450. The molecule has 0 aliphatic carbocycles. The zero-order chi connectivity index (χ0) is 25.2. The minimum atomic E-state index is -0.269. The molecule has 0 saturated carbocycles. The molecule has 1 amide bonds. The Morgan fingerprint density at radius 2 is 1.49 bits per heavy atom. The van der Waals surface area contributed by atoms with Gasteiger partial charge in [0.05, 0.1) is 18.2 Å². The third-order valence-corrected chi connectivity index (χ3v) is 7.91. The molecular formula is C30H27FN4OS. The van der Waals surface area contributed by atoms with Gasteiger partial charge in [-0.3, -0.25) is 14.1 Å². The molecule has 5 nitrogen and oxygen atoms in total. The Labute approximate surface area is 219 Å². The molecule has 1 aliphatic heterocycles. The smallest absolute Gasteiger partial charge is 0.228 e. The number of benzene rings is 3. The van der Waals surface area contributed by atoms with Crippen LogP contribution in [0.25, 0.3) is 16.2 Å². The largest absolute Gasteiger partial charge is 0.340 e. The van der Waals surface area contributed by atoms with Crippen molar-refractivity contribution >= 4 is 22.2 Å². The SMILES string of the molecule is O=C(Cc1csc2nc(-c3ccc(F)cc3)cn12)N1CCN(C(c2ccccc2)c2ccccc2)CC1. The van der Waals surface area contributed by atoms with Crippen molar-refractivity contribution in [2.24, 2.45) is 0 Å². The summed E-state index contributed by atoms with van der Waals surface area (Å²) in [6, 6.07) is 27.7. The Balaban J connectivity index is 1.14. The van der Waals surface area contributed by atoms with E-state index in [1.165, 1.54) is 34.6 Å². The lowest BCUT2D eigenvalue weighted by atomic mass is 9.96. The van der Waals surface area contributed by atoms with Crippen LogP contribution in [0.4, 0.5) is 4.39 Å². The molecule has 5 aromatic rings. The van der Waals surface area contributed by atoms with Crippen LogP contribution in [0.2, 0.25) is 0 Å². The van der Waals surface area contributed by atoms with E-state index in [1.807, 2.05) is 33.0 Å². The first-order valence-electron chi connectivity index (χ1n) is 12.5. The number of nitrogens with zero attached hydrogens (tertiary/aromatic N) is 4. The first-order chi connectivity index (χ1) is 18.2. The van der Waals surface area contributed by atoms with E-state index in [2.05, 4.69) is 58.4 Å². The predicted octanol–water partition coefficient (Wildman–Crippen LogP) is 5.68. The second-order valence-electron chi connectivity index (χ2n) is 9.33. The number of hydrogen-bond acceptors (Lipinski definition) is 4. The topological polar surface area (TPSA) is 40.9 Å². The van der Waals surface area contributed by atoms with Crippen molar-refractivity contribution in [3.63, 3.8) is 0 Å². The van der Waals surface area contributed by atoms with Gasteiger partial charge < -0.3 is 4.90 Å². The molecule has 0 atom stereocenters. The van der Waals surface area contributed by atoms with E-state index in [-0.39, 0.29) is 17.8 Å². The summed E-state index contributed by atoms with van der Waals surface area (Å²) in [4.78, 5) is 23.2. The molecule has 1 aliphatic rings. The lowest BCUT2D eigenvalue weighted by molar-refractivity contribution is -0.132. The van der Waals surface area contributed by atoms with Gasteiger partial charge in [-0.05, 0) is 35.4 Å². The van der Waals surface area contributed by atoms with E-state index in [0.717, 1.165) is 35.0 Å². The van der Waals surface area contributed by atoms with Gasteiger partial charge in [0.1, 0.15) is 5.82 Å². The Hall–Kier alpha value is -3.81. The summed E-state index contributed by atoms with van der Waals surface area (Å²) in [6.45, 7) is 3.04. The van der Waals surface area contributed by atoms with Crippen molar-refractivity contribution < 1.29 is 9.18 Å². The van der Waals surface area contributed by atoms with Gasteiger partial charge in [-0.25, -0.2) is 9.37 Å². The van der Waals surface area contributed by atoms with Gasteiger partial charge in [-0.15, -0.1) is 11.3 Å². The Morgan fingerprint density at radius 1 is 0.865 bits per heavy atom. The molecule has 2 aromatic heterocycles. The first-order valence-corrected chi connectivity index (χ1v) is 13.4. The van der Waals surface area contributed by atoms with Crippen molar-refractivity contribution in [3.8, 4) is 11.3 Å². The molecule has 1 saturated heterocycles. The summed E-state index contributed by atoms with van der Waals surface area (Å²) in [5.74, 6) is -0.137. The number of carbonyl (C=O) groups excluding carboxylic acids is 1. The predicted molar refractivity (Wildman–Crippen MR) is 145 cm³/mol. The number of imidazole rings is 1. The maximum atomic E-state index is 13.3. The molecule has 0 N–H and O–H groups in total. The first kappa shape index (κ1) is 23.6. The minimum absolute atomic E-state index is 0.132. The number of carbonyl (C=O) groups is 1. The third kappa shape index (κ3) is 4.92. The summed E-state index contributed by atoms with van der Waals surface area (Å²) in [5.41, 5.74) is 5.11. The van der Waals surface area contributed by atoms with Gasteiger partial charge in [0.2, 0.25) is 5.91 Å². The Morgan fingerprint density at radius 3 is 2.11 bits per heavy atom. The highest BCUT2D eigenvalue weighted by Gasteiger charge is 2.28. The zero-order valence-corrected chi connectivity index (χ0v) is 21.2. The summed E-state index contributed by atoms with van der Waals surface area (Å²) < 4.78 is 15.3. The molecule has 37 heavy (non-hydrogen) atoms. The number of thiazole rings is 1. The van der Waals surface area contributed by atoms with Crippen LogP contribution >= 0.6 is 11.3 Å². The zero-order valence-electron chi connectivity index (χ0n) is 20.3. The molecule has 3 heterocycles. The lowest BCUT2D eigenvalue weighted by Crippen LogP contribution is -2.50. The maximum Gasteiger partial charge on any atom is 0.228 e. The van der Waals surface area contributed by atoms with Crippen LogP contribution in [0.1, 0.15) is 22.9 Å². The molecular weight excluding hydrogens is 483 g/mol. The van der Waals surface area contributed by atoms with Crippen LogP contribution in [0.3, 0.4) is 0 Å². The van der Waals surface area contributed by atoms with Crippen LogP contribution in [-0.4, -0.2) is 51.3 Å². The molecule has 0 bridgehead atoms. The third-order valence-electron chi connectivity index (χ3n) is 7.02. The fourth-order valence-corrected chi connectivity index (χ4v) is 5.97. The van der Waals surface area contributed by atoms with E-state index in [4.69, 9.17) is 0 Å². The van der Waals surface area contributed by atoms with Gasteiger partial charge >= 0.3 is 0 Å². The number of rotatable bonds is 6. The van der Waals surface area contributed by atoms with E-state index >= 15 is 0 Å². The average molecular weight is 511 g/mol. The van der Waals surface area contributed by atoms with Crippen molar-refractivity contribution in [1.29, 1.82) is 0 Å². The minimum Gasteiger partial charge on any atom is -0.340 e. The monoisotopic (exact) mass is 510 g/mol. The van der Waals surface area contributed by atoms with Gasteiger partial charge in [0.25, 0.3) is 0 Å². The Kier molecular flexibility index (Phi) is 6.55. The maximum absolute atomic E-state index is 13.3. The molecule has 0 unspecified atom stereocenters. The van der Waals surface area contributed by atoms with Crippen LogP contribution in [0.15, 0.2) is 96.5 Å². The molecule has 0 spiro atoms. The lowest BCUT2D eigenvalue weighted by Gasteiger charge is -2.39. The molecule has 6 rings (SSSR count). The summed E-state index contributed by atoms with van der Waals surface area (Å²) in [7, 11) is 0. The summed E-state index contributed by atoms with van der Waals surface area (Å²) >= 11 is 1.52. The second kappa shape index (κ2) is 10.3. The van der Waals surface area contributed by atoms with E-state index in [0.29, 0.717) is 19.5 Å². The summed E-state index contributed by atoms with van der Waals surface area (Å²) in [5, 5.41) is 2.01. The standard InChI is InChI=1S/C30H27FN4OS/c31-25-13-11-22(12-14-25)27-20-35-26(21-37-30(35)32-27)19-28(36)33-15-17-34(18-16-33)29(23-7-3-1-4-8-23)24-9-5-2-6-10-24/h1-14,20-21,29H,15-19H2. The van der Waals surface area contributed by atoms with Gasteiger partial charge in [0.15, 0.2) is 4.96 Å². The number of piperazine rings is 1. The van der Waals surface area contributed by atoms with E-state index in [1.54, 1.807) is 12.1 Å². The van der Waals surface area contributed by atoms with Crippen molar-refractivity contribution in [3.05, 3.63) is 119 Å². The van der Waals surface area contributed by atoms with Crippen LogP contribution in [-0.2, 0) is 11.2 Å². The van der Waals surface area contributed by atoms with Gasteiger partial charge in [-0.1, -0.05) is 60.7 Å². The summed E-state index contributed by atoms with van der Waals surface area (Å²) in [6.07, 6.45) is 2.27. The average Bonchev–Trinajstić information content (AvgIpc) is 3.53.